The molecule has 2 saturated carbocycles. The van der Waals surface area contributed by atoms with Gasteiger partial charge in [0.05, 0.1) is 0 Å². The van der Waals surface area contributed by atoms with Crippen LogP contribution in [0.2, 0.25) is 0 Å². The first-order valence-electron chi connectivity index (χ1n) is 8.76. The van der Waals surface area contributed by atoms with Crippen molar-refractivity contribution in [3.8, 4) is 0 Å². The SMILES string of the molecule is CCCCC1CC(NC2CC2)CN(C(C)C2CC2)C1. The van der Waals surface area contributed by atoms with Crippen LogP contribution >= 0.6 is 0 Å². The molecular weight excluding hydrogens is 232 g/mol. The molecule has 3 unspecified atom stereocenters. The fourth-order valence-corrected chi connectivity index (χ4v) is 3.86. The normalized spacial score (nSPS) is 34.4. The fourth-order valence-electron chi connectivity index (χ4n) is 3.86. The van der Waals surface area contributed by atoms with Gasteiger partial charge < -0.3 is 5.32 Å². The predicted octanol–water partition coefficient (Wildman–Crippen LogP) is 3.42. The minimum atomic E-state index is 0.782. The summed E-state index contributed by atoms with van der Waals surface area (Å²) in [4.78, 5) is 2.82. The Kier molecular flexibility index (Phi) is 4.48. The number of piperidine rings is 1. The first-order chi connectivity index (χ1) is 9.26. The molecule has 0 aromatic rings. The average Bonchev–Trinajstić information content (AvgIpc) is 3.27. The highest BCUT2D eigenvalue weighted by Crippen LogP contribution is 2.37. The summed E-state index contributed by atoms with van der Waals surface area (Å²) < 4.78 is 0. The van der Waals surface area contributed by atoms with E-state index in [2.05, 4.69) is 24.1 Å². The molecule has 19 heavy (non-hydrogen) atoms. The zero-order valence-electron chi connectivity index (χ0n) is 12.9. The smallest absolute Gasteiger partial charge is 0.0200 e. The Labute approximate surface area is 119 Å². The summed E-state index contributed by atoms with van der Waals surface area (Å²) in [5, 5.41) is 3.90. The summed E-state index contributed by atoms with van der Waals surface area (Å²) in [5.74, 6) is 1.97. The van der Waals surface area contributed by atoms with E-state index in [0.717, 1.165) is 30.0 Å². The van der Waals surface area contributed by atoms with Crippen molar-refractivity contribution in [3.05, 3.63) is 0 Å². The van der Waals surface area contributed by atoms with Gasteiger partial charge in [-0.2, -0.15) is 0 Å². The lowest BCUT2D eigenvalue weighted by Crippen LogP contribution is -2.53. The third-order valence-electron chi connectivity index (χ3n) is 5.46. The van der Waals surface area contributed by atoms with E-state index >= 15 is 0 Å². The van der Waals surface area contributed by atoms with Crippen molar-refractivity contribution in [2.24, 2.45) is 11.8 Å². The summed E-state index contributed by atoms with van der Waals surface area (Å²) >= 11 is 0. The molecular formula is C17H32N2. The van der Waals surface area contributed by atoms with Gasteiger partial charge in [0.25, 0.3) is 0 Å². The van der Waals surface area contributed by atoms with Gasteiger partial charge in [-0.05, 0) is 57.3 Å². The van der Waals surface area contributed by atoms with Crippen LogP contribution in [0.1, 0.15) is 65.2 Å². The van der Waals surface area contributed by atoms with E-state index in [4.69, 9.17) is 0 Å². The van der Waals surface area contributed by atoms with Crippen LogP contribution in [0.3, 0.4) is 0 Å². The third kappa shape index (κ3) is 3.95. The van der Waals surface area contributed by atoms with Crippen LogP contribution in [0.4, 0.5) is 0 Å². The van der Waals surface area contributed by atoms with Crippen molar-refractivity contribution in [3.63, 3.8) is 0 Å². The topological polar surface area (TPSA) is 15.3 Å². The first kappa shape index (κ1) is 13.9. The van der Waals surface area contributed by atoms with E-state index in [-0.39, 0.29) is 0 Å². The van der Waals surface area contributed by atoms with E-state index in [9.17, 15) is 0 Å². The highest BCUT2D eigenvalue weighted by molar-refractivity contribution is 4.94. The second-order valence-electron chi connectivity index (χ2n) is 7.41. The van der Waals surface area contributed by atoms with Crippen LogP contribution < -0.4 is 5.32 Å². The van der Waals surface area contributed by atoms with Gasteiger partial charge in [-0.25, -0.2) is 0 Å². The Balaban J connectivity index is 1.55. The molecule has 0 radical (unpaired) electrons. The number of rotatable bonds is 7. The Morgan fingerprint density at radius 1 is 1.11 bits per heavy atom. The zero-order chi connectivity index (χ0) is 13.2. The molecule has 110 valence electrons. The molecule has 0 bridgehead atoms. The van der Waals surface area contributed by atoms with E-state index in [0.29, 0.717) is 0 Å². The minimum Gasteiger partial charge on any atom is -0.310 e. The Bertz CT molecular complexity index is 283. The van der Waals surface area contributed by atoms with Crippen molar-refractivity contribution in [1.82, 2.24) is 10.2 Å². The molecule has 1 aliphatic heterocycles. The molecule has 3 rings (SSSR count). The Morgan fingerprint density at radius 3 is 2.53 bits per heavy atom. The van der Waals surface area contributed by atoms with Gasteiger partial charge in [-0.15, -0.1) is 0 Å². The molecule has 3 aliphatic rings. The Hall–Kier alpha value is -0.0800. The lowest BCUT2D eigenvalue weighted by atomic mass is 9.88. The molecule has 3 fully saturated rings. The van der Waals surface area contributed by atoms with Crippen LogP contribution in [0.15, 0.2) is 0 Å². The van der Waals surface area contributed by atoms with E-state index in [1.165, 1.54) is 64.5 Å². The van der Waals surface area contributed by atoms with Crippen molar-refractivity contribution in [2.75, 3.05) is 13.1 Å². The van der Waals surface area contributed by atoms with Gasteiger partial charge in [-0.1, -0.05) is 19.8 Å². The molecule has 1 saturated heterocycles. The molecule has 0 aromatic carbocycles. The van der Waals surface area contributed by atoms with Crippen molar-refractivity contribution < 1.29 is 0 Å². The third-order valence-corrected chi connectivity index (χ3v) is 5.46. The van der Waals surface area contributed by atoms with Gasteiger partial charge in [0.2, 0.25) is 0 Å². The monoisotopic (exact) mass is 264 g/mol. The van der Waals surface area contributed by atoms with Crippen LogP contribution in [0, 0.1) is 11.8 Å². The van der Waals surface area contributed by atoms with Gasteiger partial charge in [-0.3, -0.25) is 4.90 Å². The quantitative estimate of drug-likeness (QED) is 0.758. The van der Waals surface area contributed by atoms with Gasteiger partial charge in [0.15, 0.2) is 0 Å². The van der Waals surface area contributed by atoms with E-state index in [1.54, 1.807) is 0 Å². The van der Waals surface area contributed by atoms with Crippen molar-refractivity contribution in [1.29, 1.82) is 0 Å². The number of likely N-dealkylation sites (tertiary alicyclic amines) is 1. The minimum absolute atomic E-state index is 0.782. The van der Waals surface area contributed by atoms with Crippen LogP contribution in [0.5, 0.6) is 0 Å². The highest BCUT2D eigenvalue weighted by atomic mass is 15.2. The molecule has 3 atom stereocenters. The number of nitrogens with zero attached hydrogens (tertiary/aromatic N) is 1. The molecule has 1 heterocycles. The first-order valence-corrected chi connectivity index (χ1v) is 8.76. The van der Waals surface area contributed by atoms with Crippen molar-refractivity contribution >= 4 is 0 Å². The summed E-state index contributed by atoms with van der Waals surface area (Å²) in [6.45, 7) is 7.50. The lowest BCUT2D eigenvalue weighted by molar-refractivity contribution is 0.0893. The van der Waals surface area contributed by atoms with Crippen LogP contribution in [-0.4, -0.2) is 36.1 Å². The summed E-state index contributed by atoms with van der Waals surface area (Å²) in [6, 6.07) is 2.49. The highest BCUT2D eigenvalue weighted by Gasteiger charge is 2.37. The Morgan fingerprint density at radius 2 is 1.89 bits per heavy atom. The standard InChI is InChI=1S/C17H32N2/c1-3-4-5-14-10-17(18-16-8-9-16)12-19(11-14)13(2)15-6-7-15/h13-18H,3-12H2,1-2H3. The predicted molar refractivity (Wildman–Crippen MR) is 81.3 cm³/mol. The second kappa shape index (κ2) is 6.13. The maximum Gasteiger partial charge on any atom is 0.0200 e. The van der Waals surface area contributed by atoms with Crippen LogP contribution in [-0.2, 0) is 0 Å². The fraction of sp³-hybridized carbons (Fsp3) is 1.00. The number of hydrogen-bond acceptors (Lipinski definition) is 2. The maximum atomic E-state index is 3.90. The molecule has 2 heteroatoms. The maximum absolute atomic E-state index is 3.90. The van der Waals surface area contributed by atoms with Gasteiger partial charge in [0.1, 0.15) is 0 Å². The summed E-state index contributed by atoms with van der Waals surface area (Å²) in [6.07, 6.45) is 11.5. The molecule has 0 aromatic heterocycles. The van der Waals surface area contributed by atoms with E-state index in [1.807, 2.05) is 0 Å². The molecule has 0 spiro atoms. The number of hydrogen-bond donors (Lipinski definition) is 1. The molecule has 2 nitrogen and oxygen atoms in total. The van der Waals surface area contributed by atoms with Gasteiger partial charge in [0, 0.05) is 31.2 Å². The van der Waals surface area contributed by atoms with Crippen molar-refractivity contribution in [2.45, 2.75) is 83.3 Å². The van der Waals surface area contributed by atoms with Gasteiger partial charge >= 0.3 is 0 Å². The lowest BCUT2D eigenvalue weighted by Gasteiger charge is -2.41. The second-order valence-corrected chi connectivity index (χ2v) is 7.41. The van der Waals surface area contributed by atoms with Crippen LogP contribution in [0.25, 0.3) is 0 Å². The van der Waals surface area contributed by atoms with E-state index < -0.39 is 0 Å². The summed E-state index contributed by atoms with van der Waals surface area (Å²) in [7, 11) is 0. The number of nitrogens with one attached hydrogen (secondary N) is 1. The number of unbranched alkanes of at least 4 members (excludes halogenated alkanes) is 1. The molecule has 1 N–H and O–H groups in total. The molecule has 0 amide bonds. The summed E-state index contributed by atoms with van der Waals surface area (Å²) in [5.41, 5.74) is 0. The zero-order valence-corrected chi connectivity index (χ0v) is 12.9. The largest absolute Gasteiger partial charge is 0.310 e. The average molecular weight is 264 g/mol. The molecule has 2 aliphatic carbocycles.